The van der Waals surface area contributed by atoms with Crippen LogP contribution in [0.3, 0.4) is 0 Å². The van der Waals surface area contributed by atoms with Crippen molar-refractivity contribution in [3.05, 3.63) is 45.8 Å². The predicted molar refractivity (Wildman–Crippen MR) is 81.9 cm³/mol. The monoisotopic (exact) mass is 291 g/mol. The van der Waals surface area contributed by atoms with Crippen molar-refractivity contribution in [1.29, 1.82) is 0 Å². The van der Waals surface area contributed by atoms with Gasteiger partial charge in [-0.2, -0.15) is 0 Å². The molecule has 0 saturated carbocycles. The topological polar surface area (TPSA) is 75.1 Å². The molecular formula is C14H21N3O2Si. The highest BCUT2D eigenvalue weighted by Gasteiger charge is 2.37. The van der Waals surface area contributed by atoms with Crippen molar-refractivity contribution in [1.82, 2.24) is 0 Å². The molecule has 0 heterocycles. The molecule has 1 amide bonds. The van der Waals surface area contributed by atoms with Crippen LogP contribution in [0.15, 0.2) is 29.4 Å². The highest BCUT2D eigenvalue weighted by Crippen LogP contribution is 2.37. The number of rotatable bonds is 4. The number of hydrogen-bond donors (Lipinski definition) is 0. The maximum atomic E-state index is 11.7. The Morgan fingerprint density at radius 1 is 1.35 bits per heavy atom. The van der Waals surface area contributed by atoms with Crippen LogP contribution in [0, 0.1) is 0 Å². The Morgan fingerprint density at radius 3 is 2.50 bits per heavy atom. The lowest BCUT2D eigenvalue weighted by molar-refractivity contribution is 0.0997. The molecule has 1 rings (SSSR count). The molecule has 0 fully saturated rings. The fourth-order valence-corrected chi connectivity index (χ4v) is 2.37. The predicted octanol–water partition coefficient (Wildman–Crippen LogP) is 4.66. The SMILES string of the molecule is CC(C)(C)[Si](C)(C)OCc1ccccc1C(=O)N=[N+]=[N-]. The standard InChI is InChI=1S/C14H21N3O2Si/c1-14(2,3)20(4,5)19-10-11-8-6-7-9-12(11)13(18)16-17-15/h6-9H,10H2,1-5H3. The second kappa shape index (κ2) is 6.22. The zero-order chi connectivity index (χ0) is 15.4. The van der Waals surface area contributed by atoms with Crippen LogP contribution < -0.4 is 0 Å². The van der Waals surface area contributed by atoms with E-state index >= 15 is 0 Å². The van der Waals surface area contributed by atoms with Gasteiger partial charge in [-0.3, -0.25) is 4.79 Å². The van der Waals surface area contributed by atoms with Crippen molar-refractivity contribution < 1.29 is 9.22 Å². The van der Waals surface area contributed by atoms with Gasteiger partial charge in [0.15, 0.2) is 8.32 Å². The summed E-state index contributed by atoms with van der Waals surface area (Å²) >= 11 is 0. The summed E-state index contributed by atoms with van der Waals surface area (Å²) in [6.45, 7) is 11.2. The molecule has 0 aliphatic heterocycles. The molecule has 0 N–H and O–H groups in total. The van der Waals surface area contributed by atoms with Gasteiger partial charge in [-0.05, 0) is 34.3 Å². The molecule has 0 bridgehead atoms. The fraction of sp³-hybridized carbons (Fsp3) is 0.500. The number of hydrogen-bond acceptors (Lipinski definition) is 2. The van der Waals surface area contributed by atoms with Crippen molar-refractivity contribution in [2.75, 3.05) is 0 Å². The summed E-state index contributed by atoms with van der Waals surface area (Å²) in [5, 5.41) is 3.25. The largest absolute Gasteiger partial charge is 0.413 e. The first-order valence-corrected chi connectivity index (χ1v) is 9.41. The average Bonchev–Trinajstić information content (AvgIpc) is 2.35. The molecule has 20 heavy (non-hydrogen) atoms. The van der Waals surface area contributed by atoms with Crippen LogP contribution >= 0.6 is 0 Å². The Bertz CT molecular complexity index is 544. The molecule has 108 valence electrons. The highest BCUT2D eigenvalue weighted by atomic mass is 28.4. The molecule has 5 nitrogen and oxygen atoms in total. The third kappa shape index (κ3) is 3.93. The van der Waals surface area contributed by atoms with E-state index in [1.54, 1.807) is 12.1 Å². The van der Waals surface area contributed by atoms with Crippen LogP contribution in [0.4, 0.5) is 0 Å². The zero-order valence-electron chi connectivity index (χ0n) is 12.7. The third-order valence-corrected chi connectivity index (χ3v) is 8.26. The molecule has 0 saturated heterocycles. The van der Waals surface area contributed by atoms with E-state index in [2.05, 4.69) is 43.9 Å². The summed E-state index contributed by atoms with van der Waals surface area (Å²) in [7, 11) is -1.88. The van der Waals surface area contributed by atoms with Gasteiger partial charge in [-0.15, -0.1) is 0 Å². The number of amides is 1. The van der Waals surface area contributed by atoms with Crippen molar-refractivity contribution in [2.24, 2.45) is 5.11 Å². The highest BCUT2D eigenvalue weighted by molar-refractivity contribution is 6.74. The van der Waals surface area contributed by atoms with Gasteiger partial charge >= 0.3 is 0 Å². The van der Waals surface area contributed by atoms with E-state index in [4.69, 9.17) is 9.96 Å². The van der Waals surface area contributed by atoms with E-state index in [-0.39, 0.29) is 5.04 Å². The summed E-state index contributed by atoms with van der Waals surface area (Å²) in [5.41, 5.74) is 9.53. The van der Waals surface area contributed by atoms with Gasteiger partial charge in [-0.1, -0.05) is 45.0 Å². The summed E-state index contributed by atoms with van der Waals surface area (Å²) < 4.78 is 6.10. The molecule has 0 spiro atoms. The quantitative estimate of drug-likeness (QED) is 0.350. The number of carbonyl (C=O) groups excluding carboxylic acids is 1. The minimum absolute atomic E-state index is 0.108. The van der Waals surface area contributed by atoms with E-state index < -0.39 is 14.2 Å². The second-order valence-electron chi connectivity index (χ2n) is 6.20. The first kappa shape index (κ1) is 16.4. The first-order valence-electron chi connectivity index (χ1n) is 6.50. The van der Waals surface area contributed by atoms with Crippen LogP contribution in [-0.4, -0.2) is 14.2 Å². The van der Waals surface area contributed by atoms with E-state index in [9.17, 15) is 4.79 Å². The van der Waals surface area contributed by atoms with Crippen LogP contribution in [0.2, 0.25) is 18.1 Å². The van der Waals surface area contributed by atoms with Crippen LogP contribution in [0.25, 0.3) is 10.4 Å². The maximum absolute atomic E-state index is 11.7. The number of carbonyl (C=O) groups is 1. The molecule has 0 aliphatic rings. The molecule has 6 heteroatoms. The van der Waals surface area contributed by atoms with Crippen molar-refractivity contribution in [3.63, 3.8) is 0 Å². The van der Waals surface area contributed by atoms with Crippen molar-refractivity contribution >= 4 is 14.2 Å². The van der Waals surface area contributed by atoms with E-state index in [1.165, 1.54) is 0 Å². The minimum atomic E-state index is -1.88. The Kier molecular flexibility index (Phi) is 5.11. The molecule has 0 atom stereocenters. The molecule has 1 aromatic carbocycles. The Hall–Kier alpha value is -1.62. The van der Waals surface area contributed by atoms with Crippen molar-refractivity contribution in [3.8, 4) is 0 Å². The molecule has 0 aliphatic carbocycles. The van der Waals surface area contributed by atoms with Crippen LogP contribution in [0.5, 0.6) is 0 Å². The Balaban J connectivity index is 2.95. The van der Waals surface area contributed by atoms with Gasteiger partial charge in [0.2, 0.25) is 5.91 Å². The maximum Gasteiger partial charge on any atom is 0.249 e. The number of azide groups is 1. The van der Waals surface area contributed by atoms with Gasteiger partial charge < -0.3 is 4.43 Å². The molecular weight excluding hydrogens is 270 g/mol. The number of nitrogens with zero attached hydrogens (tertiary/aromatic N) is 3. The van der Waals surface area contributed by atoms with E-state index in [1.807, 2.05) is 12.1 Å². The fourth-order valence-electron chi connectivity index (χ4n) is 1.42. The molecule has 0 radical (unpaired) electrons. The first-order chi connectivity index (χ1) is 9.19. The van der Waals surface area contributed by atoms with Crippen molar-refractivity contribution in [2.45, 2.75) is 45.5 Å². The molecule has 1 aromatic rings. The lowest BCUT2D eigenvalue weighted by Crippen LogP contribution is -2.40. The van der Waals surface area contributed by atoms with Gasteiger partial charge in [0, 0.05) is 10.5 Å². The minimum Gasteiger partial charge on any atom is -0.413 e. The average molecular weight is 291 g/mol. The second-order valence-corrected chi connectivity index (χ2v) is 11.0. The Morgan fingerprint density at radius 2 is 1.95 bits per heavy atom. The zero-order valence-corrected chi connectivity index (χ0v) is 13.7. The van der Waals surface area contributed by atoms with Gasteiger partial charge in [0.1, 0.15) is 0 Å². The smallest absolute Gasteiger partial charge is 0.249 e. The summed E-state index contributed by atoms with van der Waals surface area (Å²) in [5.74, 6) is -0.568. The summed E-state index contributed by atoms with van der Waals surface area (Å²) in [4.78, 5) is 14.3. The lowest BCUT2D eigenvalue weighted by Gasteiger charge is -2.36. The van der Waals surface area contributed by atoms with E-state index in [0.717, 1.165) is 5.56 Å². The molecule has 0 aromatic heterocycles. The molecule has 0 unspecified atom stereocenters. The Labute approximate surface area is 120 Å². The lowest BCUT2D eigenvalue weighted by atomic mass is 10.1. The normalized spacial score (nSPS) is 11.8. The third-order valence-electron chi connectivity index (χ3n) is 3.78. The van der Waals surface area contributed by atoms with E-state index in [0.29, 0.717) is 12.2 Å². The summed E-state index contributed by atoms with van der Waals surface area (Å²) in [6, 6.07) is 7.07. The number of benzene rings is 1. The van der Waals surface area contributed by atoms with Crippen LogP contribution in [0.1, 0.15) is 36.7 Å². The van der Waals surface area contributed by atoms with Gasteiger partial charge in [0.05, 0.1) is 6.61 Å². The van der Waals surface area contributed by atoms with Crippen LogP contribution in [-0.2, 0) is 11.0 Å². The van der Waals surface area contributed by atoms with Gasteiger partial charge in [-0.25, -0.2) is 0 Å². The summed E-state index contributed by atoms with van der Waals surface area (Å²) in [6.07, 6.45) is 0. The van der Waals surface area contributed by atoms with Gasteiger partial charge in [0.25, 0.3) is 0 Å².